The Kier molecular flexibility index (Phi) is 6.40. The fourth-order valence-electron chi connectivity index (χ4n) is 1.63. The molecule has 78 valence electrons. The van der Waals surface area contributed by atoms with Crippen LogP contribution >= 0.6 is 0 Å². The molecule has 0 aromatic rings. The van der Waals surface area contributed by atoms with Crippen molar-refractivity contribution in [2.24, 2.45) is 5.73 Å². The third-order valence-corrected chi connectivity index (χ3v) is 2.26. The Morgan fingerprint density at radius 3 is 2.92 bits per heavy atom. The molecule has 1 rings (SSSR count). The highest BCUT2D eigenvalue weighted by atomic mass is 127. The molecule has 1 atom stereocenters. The lowest BCUT2D eigenvalue weighted by Crippen LogP contribution is -3.00. The molecule has 1 aliphatic heterocycles. The molecule has 0 saturated carbocycles. The van der Waals surface area contributed by atoms with Gasteiger partial charge < -0.3 is 29.1 Å². The van der Waals surface area contributed by atoms with Crippen LogP contribution in [0.4, 0.5) is 0 Å². The number of aliphatic hydroxyl groups is 1. The molecule has 13 heavy (non-hydrogen) atoms. The van der Waals surface area contributed by atoms with E-state index in [0.29, 0.717) is 5.96 Å². The molecule has 0 bridgehead atoms. The number of nitrogens with two attached hydrogens (primary N) is 1. The van der Waals surface area contributed by atoms with E-state index in [1.165, 1.54) is 0 Å². The quantitative estimate of drug-likeness (QED) is 0.277. The Bertz CT molecular complexity index is 184. The molecular weight excluding hydrogens is 281 g/mol. The number of guanidine groups is 1. The van der Waals surface area contributed by atoms with Gasteiger partial charge in [0.2, 0.25) is 0 Å². The minimum Gasteiger partial charge on any atom is -1.00 e. The van der Waals surface area contributed by atoms with Crippen molar-refractivity contribution in [1.29, 1.82) is 0 Å². The number of nitrogens with zero attached hydrogens (tertiary/aromatic N) is 1. The molecule has 4 N–H and O–H groups in total. The molecule has 1 fully saturated rings. The molecule has 0 amide bonds. The maximum Gasteiger partial charge on any atom is 0.343 e. The van der Waals surface area contributed by atoms with Crippen LogP contribution in [-0.4, -0.2) is 41.4 Å². The summed E-state index contributed by atoms with van der Waals surface area (Å²) in [5.74, 6) is 0.703. The SMILES string of the molecule is CCNC(N)=[N+]1CCC[C@H]1CO.[I-]. The maximum absolute atomic E-state index is 9.02. The topological polar surface area (TPSA) is 61.3 Å². The Morgan fingerprint density at radius 1 is 1.69 bits per heavy atom. The monoisotopic (exact) mass is 299 g/mol. The zero-order valence-corrected chi connectivity index (χ0v) is 10.1. The van der Waals surface area contributed by atoms with Gasteiger partial charge >= 0.3 is 5.96 Å². The average Bonchev–Trinajstić information content (AvgIpc) is 2.51. The summed E-state index contributed by atoms with van der Waals surface area (Å²) >= 11 is 0. The lowest BCUT2D eigenvalue weighted by Gasteiger charge is -2.10. The second kappa shape index (κ2) is 6.42. The van der Waals surface area contributed by atoms with Gasteiger partial charge in [-0.05, 0) is 19.8 Å². The lowest BCUT2D eigenvalue weighted by molar-refractivity contribution is -0.549. The van der Waals surface area contributed by atoms with Crippen molar-refractivity contribution in [3.8, 4) is 0 Å². The Hall–Kier alpha value is -0.0400. The smallest absolute Gasteiger partial charge is 0.343 e. The van der Waals surface area contributed by atoms with Crippen LogP contribution in [0.5, 0.6) is 0 Å². The molecule has 1 saturated heterocycles. The number of hydrogen-bond donors (Lipinski definition) is 3. The first-order valence-electron chi connectivity index (χ1n) is 4.53. The average molecular weight is 299 g/mol. The van der Waals surface area contributed by atoms with E-state index in [1.807, 2.05) is 11.5 Å². The van der Waals surface area contributed by atoms with Crippen molar-refractivity contribution in [1.82, 2.24) is 5.32 Å². The molecule has 0 aliphatic carbocycles. The first-order valence-corrected chi connectivity index (χ1v) is 4.53. The Morgan fingerprint density at radius 2 is 2.38 bits per heavy atom. The second-order valence-corrected chi connectivity index (χ2v) is 3.09. The van der Waals surface area contributed by atoms with Crippen LogP contribution in [0.25, 0.3) is 0 Å². The van der Waals surface area contributed by atoms with E-state index in [1.54, 1.807) is 0 Å². The van der Waals surface area contributed by atoms with Crippen LogP contribution in [0.15, 0.2) is 0 Å². The molecule has 0 radical (unpaired) electrons. The van der Waals surface area contributed by atoms with Gasteiger partial charge in [-0.15, -0.1) is 0 Å². The summed E-state index contributed by atoms with van der Waals surface area (Å²) in [7, 11) is 0. The highest BCUT2D eigenvalue weighted by Crippen LogP contribution is 2.10. The standard InChI is InChI=1S/C8H17N3O.HI/c1-2-10-8(9)11-5-3-4-7(11)6-12;/h7,12H,2-6H2,1H3,(H2,9,10);1H/t7-;/m0./s1. The Balaban J connectivity index is 0.00000144. The van der Waals surface area contributed by atoms with Gasteiger partial charge in [0.15, 0.2) is 0 Å². The predicted octanol–water partition coefficient (Wildman–Crippen LogP) is -3.92. The summed E-state index contributed by atoms with van der Waals surface area (Å²) in [5.41, 5.74) is 5.78. The fourth-order valence-corrected chi connectivity index (χ4v) is 1.63. The highest BCUT2D eigenvalue weighted by Gasteiger charge is 2.24. The van der Waals surface area contributed by atoms with E-state index >= 15 is 0 Å². The summed E-state index contributed by atoms with van der Waals surface area (Å²) in [6, 6.07) is 0.226. The first-order chi connectivity index (χ1) is 5.79. The van der Waals surface area contributed by atoms with Crippen molar-refractivity contribution in [2.45, 2.75) is 25.8 Å². The number of rotatable bonds is 2. The minimum absolute atomic E-state index is 0. The van der Waals surface area contributed by atoms with Gasteiger partial charge in [0.25, 0.3) is 0 Å². The third kappa shape index (κ3) is 3.30. The van der Waals surface area contributed by atoms with E-state index < -0.39 is 0 Å². The number of aliphatic hydroxyl groups excluding tert-OH is 1. The van der Waals surface area contributed by atoms with Gasteiger partial charge in [-0.2, -0.15) is 0 Å². The van der Waals surface area contributed by atoms with Gasteiger partial charge in [-0.3, -0.25) is 15.6 Å². The highest BCUT2D eigenvalue weighted by molar-refractivity contribution is 5.72. The van der Waals surface area contributed by atoms with Gasteiger partial charge in [0.05, 0.1) is 19.7 Å². The van der Waals surface area contributed by atoms with Gasteiger partial charge in [-0.1, -0.05) is 0 Å². The largest absolute Gasteiger partial charge is 1.00 e. The zero-order valence-electron chi connectivity index (χ0n) is 7.96. The fraction of sp³-hybridized carbons (Fsp3) is 0.875. The molecular formula is C8H18IN3O. The summed E-state index contributed by atoms with van der Waals surface area (Å²) in [4.78, 5) is 0. The van der Waals surface area contributed by atoms with Crippen LogP contribution in [0.3, 0.4) is 0 Å². The number of halogens is 1. The van der Waals surface area contributed by atoms with Crippen molar-refractivity contribution >= 4 is 5.96 Å². The maximum atomic E-state index is 9.02. The van der Waals surface area contributed by atoms with Crippen LogP contribution in [0.2, 0.25) is 0 Å². The summed E-state index contributed by atoms with van der Waals surface area (Å²) in [6.07, 6.45) is 2.17. The van der Waals surface area contributed by atoms with E-state index in [2.05, 4.69) is 5.32 Å². The zero-order chi connectivity index (χ0) is 8.97. The molecule has 0 spiro atoms. The van der Waals surface area contributed by atoms with Gasteiger partial charge in [-0.25, -0.2) is 0 Å². The second-order valence-electron chi connectivity index (χ2n) is 3.09. The first kappa shape index (κ1) is 13.0. The number of nitrogens with one attached hydrogen (secondary N) is 1. The summed E-state index contributed by atoms with van der Waals surface area (Å²) in [5, 5.41) is 12.1. The van der Waals surface area contributed by atoms with E-state index in [-0.39, 0.29) is 36.6 Å². The Labute approximate surface area is 96.2 Å². The summed E-state index contributed by atoms with van der Waals surface area (Å²) < 4.78 is 2.05. The van der Waals surface area contributed by atoms with Crippen LogP contribution in [0, 0.1) is 0 Å². The van der Waals surface area contributed by atoms with Crippen molar-refractivity contribution in [3.63, 3.8) is 0 Å². The van der Waals surface area contributed by atoms with E-state index in [0.717, 1.165) is 25.9 Å². The molecule has 1 heterocycles. The normalized spacial score (nSPS) is 25.2. The van der Waals surface area contributed by atoms with E-state index in [9.17, 15) is 0 Å². The van der Waals surface area contributed by atoms with Crippen LogP contribution in [-0.2, 0) is 0 Å². The van der Waals surface area contributed by atoms with Gasteiger partial charge in [0, 0.05) is 0 Å². The van der Waals surface area contributed by atoms with Crippen molar-refractivity contribution in [3.05, 3.63) is 0 Å². The van der Waals surface area contributed by atoms with Gasteiger partial charge in [0.1, 0.15) is 6.04 Å². The molecule has 0 aromatic carbocycles. The molecule has 0 unspecified atom stereocenters. The lowest BCUT2D eigenvalue weighted by atomic mass is 10.2. The summed E-state index contributed by atoms with van der Waals surface area (Å²) in [6.45, 7) is 4.01. The minimum atomic E-state index is 0. The molecule has 4 nitrogen and oxygen atoms in total. The van der Waals surface area contributed by atoms with Crippen LogP contribution < -0.4 is 35.0 Å². The van der Waals surface area contributed by atoms with Crippen molar-refractivity contribution < 1.29 is 33.7 Å². The number of hydrogen-bond acceptors (Lipinski definition) is 1. The van der Waals surface area contributed by atoms with E-state index in [4.69, 9.17) is 10.8 Å². The molecule has 0 aromatic heterocycles. The van der Waals surface area contributed by atoms with Crippen molar-refractivity contribution in [2.75, 3.05) is 19.7 Å². The van der Waals surface area contributed by atoms with Crippen LogP contribution in [0.1, 0.15) is 19.8 Å². The predicted molar refractivity (Wildman–Crippen MR) is 48.1 cm³/mol. The third-order valence-electron chi connectivity index (χ3n) is 2.26. The molecule has 1 aliphatic rings. The molecule has 5 heteroatoms.